The molecule has 1 aliphatic heterocycles. The second-order valence-corrected chi connectivity index (χ2v) is 8.93. The molecule has 0 unspecified atom stereocenters. The first kappa shape index (κ1) is 20.8. The standard InChI is InChI=1S/C23H27FN2O3S/c1-2-11-25(23(28)16-7-8-16)14-22(27)26-12-9-21-17(10-13-30-21)19(26)15-29-20-6-4-3-5-18(20)24/h3-6,10,13,16,19H,2,7-9,11-12,14-15H2,1H3/t19-/m0/s1. The molecule has 160 valence electrons. The molecule has 2 aliphatic rings. The van der Waals surface area contributed by atoms with Crippen LogP contribution in [0.25, 0.3) is 0 Å². The second kappa shape index (κ2) is 9.16. The Kier molecular flexibility index (Phi) is 6.37. The van der Waals surface area contributed by atoms with Crippen LogP contribution in [0.5, 0.6) is 5.75 Å². The zero-order chi connectivity index (χ0) is 21.1. The van der Waals surface area contributed by atoms with E-state index in [1.54, 1.807) is 39.3 Å². The third-order valence-corrected chi connectivity index (χ3v) is 6.70. The summed E-state index contributed by atoms with van der Waals surface area (Å²) in [6.45, 7) is 3.46. The summed E-state index contributed by atoms with van der Waals surface area (Å²) < 4.78 is 19.8. The molecule has 1 saturated carbocycles. The summed E-state index contributed by atoms with van der Waals surface area (Å²) in [4.78, 5) is 30.6. The van der Waals surface area contributed by atoms with Crippen molar-refractivity contribution in [2.75, 3.05) is 26.2 Å². The van der Waals surface area contributed by atoms with E-state index in [1.165, 1.54) is 10.9 Å². The Hall–Kier alpha value is -2.41. The maximum absolute atomic E-state index is 14.0. The van der Waals surface area contributed by atoms with Crippen LogP contribution in [0.1, 0.15) is 42.7 Å². The summed E-state index contributed by atoms with van der Waals surface area (Å²) in [5.41, 5.74) is 1.06. The Morgan fingerprint density at radius 2 is 2.07 bits per heavy atom. The van der Waals surface area contributed by atoms with Crippen LogP contribution in [0.3, 0.4) is 0 Å². The number of nitrogens with zero attached hydrogens (tertiary/aromatic N) is 2. The maximum atomic E-state index is 14.0. The minimum atomic E-state index is -0.416. The van der Waals surface area contributed by atoms with Gasteiger partial charge in [0.25, 0.3) is 0 Å². The number of hydrogen-bond acceptors (Lipinski definition) is 4. The molecular weight excluding hydrogens is 403 g/mol. The van der Waals surface area contributed by atoms with Crippen molar-refractivity contribution in [2.45, 2.75) is 38.6 Å². The first-order valence-electron chi connectivity index (χ1n) is 10.6. The molecule has 30 heavy (non-hydrogen) atoms. The van der Waals surface area contributed by atoms with Gasteiger partial charge in [0.2, 0.25) is 11.8 Å². The monoisotopic (exact) mass is 430 g/mol. The molecule has 0 bridgehead atoms. The number of ether oxygens (including phenoxy) is 1. The van der Waals surface area contributed by atoms with Gasteiger partial charge >= 0.3 is 0 Å². The summed E-state index contributed by atoms with van der Waals surface area (Å²) in [7, 11) is 0. The Balaban J connectivity index is 1.50. The highest BCUT2D eigenvalue weighted by Gasteiger charge is 2.37. The van der Waals surface area contributed by atoms with Gasteiger partial charge in [-0.05, 0) is 54.8 Å². The highest BCUT2D eigenvalue weighted by atomic mass is 32.1. The second-order valence-electron chi connectivity index (χ2n) is 7.93. The van der Waals surface area contributed by atoms with E-state index in [-0.39, 0.29) is 42.7 Å². The van der Waals surface area contributed by atoms with Crippen molar-refractivity contribution in [1.29, 1.82) is 0 Å². The van der Waals surface area contributed by atoms with Crippen LogP contribution in [0.2, 0.25) is 0 Å². The molecule has 1 aromatic carbocycles. The number of carbonyl (C=O) groups is 2. The van der Waals surface area contributed by atoms with Gasteiger partial charge in [0.1, 0.15) is 6.61 Å². The molecular formula is C23H27FN2O3S. The van der Waals surface area contributed by atoms with E-state index < -0.39 is 5.82 Å². The molecule has 1 atom stereocenters. The molecule has 0 spiro atoms. The van der Waals surface area contributed by atoms with Gasteiger partial charge < -0.3 is 14.5 Å². The summed E-state index contributed by atoms with van der Waals surface area (Å²) in [5.74, 6) is -0.118. The normalized spacial score (nSPS) is 18.1. The number of fused-ring (bicyclic) bond motifs is 1. The third-order valence-electron chi connectivity index (χ3n) is 5.71. The lowest BCUT2D eigenvalue weighted by molar-refractivity contribution is -0.143. The van der Waals surface area contributed by atoms with Gasteiger partial charge in [0.05, 0.1) is 12.6 Å². The van der Waals surface area contributed by atoms with Crippen LogP contribution in [0.15, 0.2) is 35.7 Å². The first-order valence-corrected chi connectivity index (χ1v) is 11.5. The highest BCUT2D eigenvalue weighted by Crippen LogP contribution is 2.35. The Morgan fingerprint density at radius 3 is 2.80 bits per heavy atom. The van der Waals surface area contributed by atoms with Crippen molar-refractivity contribution in [3.8, 4) is 5.75 Å². The van der Waals surface area contributed by atoms with E-state index in [0.29, 0.717) is 13.1 Å². The molecule has 2 amide bonds. The number of halogens is 1. The van der Waals surface area contributed by atoms with Crippen LogP contribution in [-0.4, -0.2) is 47.9 Å². The number of para-hydroxylation sites is 1. The van der Waals surface area contributed by atoms with E-state index >= 15 is 0 Å². The van der Waals surface area contributed by atoms with Crippen molar-refractivity contribution in [2.24, 2.45) is 5.92 Å². The molecule has 5 nitrogen and oxygen atoms in total. The lowest BCUT2D eigenvalue weighted by Gasteiger charge is -2.37. The van der Waals surface area contributed by atoms with Crippen molar-refractivity contribution in [3.63, 3.8) is 0 Å². The number of carbonyl (C=O) groups excluding carboxylic acids is 2. The van der Waals surface area contributed by atoms with Crippen molar-refractivity contribution >= 4 is 23.2 Å². The van der Waals surface area contributed by atoms with Gasteiger partial charge in [-0.3, -0.25) is 9.59 Å². The lowest BCUT2D eigenvalue weighted by atomic mass is 10.0. The number of rotatable bonds is 8. The van der Waals surface area contributed by atoms with E-state index in [0.717, 1.165) is 31.2 Å². The third kappa shape index (κ3) is 4.51. The average Bonchev–Trinajstić information content (AvgIpc) is 3.48. The maximum Gasteiger partial charge on any atom is 0.242 e. The average molecular weight is 431 g/mol. The molecule has 4 rings (SSSR count). The molecule has 1 fully saturated rings. The summed E-state index contributed by atoms with van der Waals surface area (Å²) in [6, 6.07) is 8.04. The fourth-order valence-electron chi connectivity index (χ4n) is 3.98. The van der Waals surface area contributed by atoms with Gasteiger partial charge in [-0.2, -0.15) is 0 Å². The lowest BCUT2D eigenvalue weighted by Crippen LogP contribution is -2.48. The van der Waals surface area contributed by atoms with Crippen LogP contribution in [0, 0.1) is 11.7 Å². The molecule has 2 heterocycles. The van der Waals surface area contributed by atoms with E-state index in [2.05, 4.69) is 0 Å². The Bertz CT molecular complexity index is 911. The quantitative estimate of drug-likeness (QED) is 0.635. The number of hydrogen-bond donors (Lipinski definition) is 0. The van der Waals surface area contributed by atoms with Gasteiger partial charge in [0, 0.05) is 23.9 Å². The minimum Gasteiger partial charge on any atom is -0.488 e. The molecule has 1 aliphatic carbocycles. The molecule has 7 heteroatoms. The van der Waals surface area contributed by atoms with E-state index in [9.17, 15) is 14.0 Å². The van der Waals surface area contributed by atoms with Crippen LogP contribution in [-0.2, 0) is 16.0 Å². The minimum absolute atomic E-state index is 0.0727. The van der Waals surface area contributed by atoms with Gasteiger partial charge in [0.15, 0.2) is 11.6 Å². The largest absolute Gasteiger partial charge is 0.488 e. The number of amides is 2. The summed E-state index contributed by atoms with van der Waals surface area (Å²) >= 11 is 1.67. The first-order chi connectivity index (χ1) is 14.6. The zero-order valence-corrected chi connectivity index (χ0v) is 18.0. The fraction of sp³-hybridized carbons (Fsp3) is 0.478. The van der Waals surface area contributed by atoms with Crippen LogP contribution in [0.4, 0.5) is 4.39 Å². The SMILES string of the molecule is CCCN(CC(=O)N1CCc2sccc2[C@@H]1COc1ccccc1F)C(=O)C1CC1. The van der Waals surface area contributed by atoms with E-state index in [1.807, 2.05) is 18.4 Å². The van der Waals surface area contributed by atoms with Crippen molar-refractivity contribution < 1.29 is 18.7 Å². The smallest absolute Gasteiger partial charge is 0.242 e. The molecule has 1 aromatic heterocycles. The Labute approximate surface area is 180 Å². The summed E-state index contributed by atoms with van der Waals surface area (Å²) in [5, 5.41) is 2.02. The van der Waals surface area contributed by atoms with Crippen molar-refractivity contribution in [1.82, 2.24) is 9.80 Å². The van der Waals surface area contributed by atoms with E-state index in [4.69, 9.17) is 4.74 Å². The molecule has 0 radical (unpaired) electrons. The van der Waals surface area contributed by atoms with Gasteiger partial charge in [-0.15, -0.1) is 11.3 Å². The summed E-state index contributed by atoms with van der Waals surface area (Å²) in [6.07, 6.45) is 3.46. The van der Waals surface area contributed by atoms with Crippen LogP contribution >= 0.6 is 11.3 Å². The van der Waals surface area contributed by atoms with Crippen LogP contribution < -0.4 is 4.74 Å². The molecule has 2 aromatic rings. The predicted octanol–water partition coefficient (Wildman–Crippen LogP) is 4.04. The predicted molar refractivity (Wildman–Crippen MR) is 114 cm³/mol. The number of benzene rings is 1. The number of thiophene rings is 1. The topological polar surface area (TPSA) is 49.9 Å². The zero-order valence-electron chi connectivity index (χ0n) is 17.2. The molecule has 0 N–H and O–H groups in total. The fourth-order valence-corrected chi connectivity index (χ4v) is 4.91. The van der Waals surface area contributed by atoms with Crippen molar-refractivity contribution in [3.05, 3.63) is 52.0 Å². The van der Waals surface area contributed by atoms with Gasteiger partial charge in [-0.25, -0.2) is 4.39 Å². The highest BCUT2D eigenvalue weighted by molar-refractivity contribution is 7.10. The molecule has 0 saturated heterocycles. The Morgan fingerprint density at radius 1 is 1.27 bits per heavy atom. The van der Waals surface area contributed by atoms with Gasteiger partial charge in [-0.1, -0.05) is 19.1 Å².